The monoisotopic (exact) mass is 319 g/mol. The minimum absolute atomic E-state index is 0.0567. The van der Waals surface area contributed by atoms with Crippen LogP contribution in [0.4, 0.5) is 8.78 Å². The maximum Gasteiger partial charge on any atom is 0.291 e. The fraction of sp³-hybridized carbons (Fsp3) is 0.538. The third kappa shape index (κ3) is 2.67. The Labute approximate surface area is 114 Å². The van der Waals surface area contributed by atoms with Crippen molar-refractivity contribution in [1.29, 1.82) is 0 Å². The lowest BCUT2D eigenvalue weighted by Gasteiger charge is -2.32. The molecule has 0 aromatic heterocycles. The predicted molar refractivity (Wildman–Crippen MR) is 70.2 cm³/mol. The zero-order valence-corrected chi connectivity index (χ0v) is 11.8. The van der Waals surface area contributed by atoms with E-state index in [1.165, 1.54) is 13.2 Å². The molecule has 18 heavy (non-hydrogen) atoms. The summed E-state index contributed by atoms with van der Waals surface area (Å²) in [7, 11) is 1.41. The lowest BCUT2D eigenvalue weighted by Crippen LogP contribution is -2.46. The Balaban J connectivity index is 2.35. The zero-order valence-electron chi connectivity index (χ0n) is 10.2. The summed E-state index contributed by atoms with van der Waals surface area (Å²) in [6.45, 7) is 0.649. The first kappa shape index (κ1) is 13.7. The molecule has 0 spiro atoms. The van der Waals surface area contributed by atoms with Crippen molar-refractivity contribution in [2.45, 2.75) is 31.2 Å². The van der Waals surface area contributed by atoms with Gasteiger partial charge in [-0.25, -0.2) is 0 Å². The molecule has 2 nitrogen and oxygen atoms in total. The highest BCUT2D eigenvalue weighted by Crippen LogP contribution is 2.41. The first-order valence-corrected chi connectivity index (χ1v) is 6.80. The molecule has 1 aliphatic rings. The Morgan fingerprint density at radius 1 is 1.39 bits per heavy atom. The molecule has 5 heteroatoms. The quantitative estimate of drug-likeness (QED) is 0.917. The minimum atomic E-state index is -2.92. The van der Waals surface area contributed by atoms with Crippen molar-refractivity contribution in [3.05, 3.63) is 28.2 Å². The SMILES string of the molecule is COc1ccc(Br)cc1C(F)(F)C1CCCCN1. The molecule has 1 aliphatic heterocycles. The van der Waals surface area contributed by atoms with Gasteiger partial charge in [0.25, 0.3) is 5.92 Å². The van der Waals surface area contributed by atoms with Crippen molar-refractivity contribution in [3.63, 3.8) is 0 Å². The standard InChI is InChI=1S/C13H16BrF2NO/c1-18-11-6-5-9(14)8-10(11)13(15,16)12-4-2-3-7-17-12/h5-6,8,12,17H,2-4,7H2,1H3. The number of hydrogen-bond acceptors (Lipinski definition) is 2. The van der Waals surface area contributed by atoms with E-state index in [1.54, 1.807) is 12.1 Å². The highest BCUT2D eigenvalue weighted by molar-refractivity contribution is 9.10. The summed E-state index contributed by atoms with van der Waals surface area (Å²) >= 11 is 3.23. The van der Waals surface area contributed by atoms with Crippen LogP contribution in [0.2, 0.25) is 0 Å². The molecule has 1 atom stereocenters. The van der Waals surface area contributed by atoms with Gasteiger partial charge in [-0.1, -0.05) is 22.4 Å². The summed E-state index contributed by atoms with van der Waals surface area (Å²) in [5, 5.41) is 2.91. The van der Waals surface area contributed by atoms with Crippen molar-refractivity contribution in [2.24, 2.45) is 0 Å². The van der Waals surface area contributed by atoms with Gasteiger partial charge >= 0.3 is 0 Å². The van der Waals surface area contributed by atoms with Crippen molar-refractivity contribution in [2.75, 3.05) is 13.7 Å². The molecule has 0 radical (unpaired) electrons. The number of rotatable bonds is 3. The number of piperidine rings is 1. The van der Waals surface area contributed by atoms with Gasteiger partial charge in [0.1, 0.15) is 5.75 Å². The fourth-order valence-corrected chi connectivity index (χ4v) is 2.65. The van der Waals surface area contributed by atoms with Gasteiger partial charge in [0.15, 0.2) is 0 Å². The molecular weight excluding hydrogens is 304 g/mol. The van der Waals surface area contributed by atoms with E-state index in [2.05, 4.69) is 21.2 Å². The highest BCUT2D eigenvalue weighted by atomic mass is 79.9. The number of nitrogens with one attached hydrogen (secondary N) is 1. The summed E-state index contributed by atoms with van der Waals surface area (Å²) in [6, 6.07) is 3.90. The van der Waals surface area contributed by atoms with E-state index < -0.39 is 12.0 Å². The summed E-state index contributed by atoms with van der Waals surface area (Å²) < 4.78 is 34.7. The molecule has 0 amide bonds. The number of hydrogen-bond donors (Lipinski definition) is 1. The van der Waals surface area contributed by atoms with Crippen LogP contribution in [0.3, 0.4) is 0 Å². The topological polar surface area (TPSA) is 21.3 Å². The lowest BCUT2D eigenvalue weighted by molar-refractivity contribution is -0.0529. The van der Waals surface area contributed by atoms with Crippen LogP contribution in [0.15, 0.2) is 22.7 Å². The summed E-state index contributed by atoms with van der Waals surface area (Å²) in [5.74, 6) is -2.69. The van der Waals surface area contributed by atoms with E-state index in [0.717, 1.165) is 12.8 Å². The molecular formula is C13H16BrF2NO. The third-order valence-electron chi connectivity index (χ3n) is 3.27. The largest absolute Gasteiger partial charge is 0.496 e. The molecule has 0 aliphatic carbocycles. The Morgan fingerprint density at radius 2 is 2.17 bits per heavy atom. The van der Waals surface area contributed by atoms with E-state index in [4.69, 9.17) is 4.74 Å². The molecule has 0 saturated carbocycles. The fourth-order valence-electron chi connectivity index (χ4n) is 2.29. The number of ether oxygens (including phenoxy) is 1. The van der Waals surface area contributed by atoms with Gasteiger partial charge in [-0.05, 0) is 37.6 Å². The summed E-state index contributed by atoms with van der Waals surface area (Å²) in [4.78, 5) is 0. The highest BCUT2D eigenvalue weighted by Gasteiger charge is 2.43. The van der Waals surface area contributed by atoms with Gasteiger partial charge in [0.05, 0.1) is 18.7 Å². The van der Waals surface area contributed by atoms with Gasteiger partial charge in [0.2, 0.25) is 0 Å². The molecule has 1 heterocycles. The maximum absolute atomic E-state index is 14.5. The number of halogens is 3. The smallest absolute Gasteiger partial charge is 0.291 e. The van der Waals surface area contributed by atoms with Crippen LogP contribution in [0, 0.1) is 0 Å². The van der Waals surface area contributed by atoms with Gasteiger partial charge in [0, 0.05) is 4.47 Å². The molecule has 1 N–H and O–H groups in total. The van der Waals surface area contributed by atoms with E-state index in [0.29, 0.717) is 17.4 Å². The molecule has 100 valence electrons. The molecule has 1 fully saturated rings. The van der Waals surface area contributed by atoms with Crippen LogP contribution in [0.5, 0.6) is 5.75 Å². The first-order chi connectivity index (χ1) is 8.55. The summed E-state index contributed by atoms with van der Waals surface area (Å²) in [6.07, 6.45) is 2.29. The minimum Gasteiger partial charge on any atom is -0.496 e. The predicted octanol–water partition coefficient (Wildman–Crippen LogP) is 3.69. The van der Waals surface area contributed by atoms with E-state index in [-0.39, 0.29) is 11.3 Å². The van der Waals surface area contributed by atoms with Gasteiger partial charge in [-0.2, -0.15) is 8.78 Å². The molecule has 1 saturated heterocycles. The molecule has 1 aromatic carbocycles. The Hall–Kier alpha value is -0.680. The number of alkyl halides is 2. The second kappa shape index (κ2) is 5.53. The second-order valence-corrected chi connectivity index (χ2v) is 5.39. The van der Waals surface area contributed by atoms with Gasteiger partial charge in [-0.15, -0.1) is 0 Å². The van der Waals surface area contributed by atoms with E-state index >= 15 is 0 Å². The number of benzene rings is 1. The average Bonchev–Trinajstić information content (AvgIpc) is 2.39. The lowest BCUT2D eigenvalue weighted by atomic mass is 9.93. The van der Waals surface area contributed by atoms with E-state index in [9.17, 15) is 8.78 Å². The molecule has 2 rings (SSSR count). The van der Waals surface area contributed by atoms with Crippen LogP contribution in [-0.4, -0.2) is 19.7 Å². The first-order valence-electron chi connectivity index (χ1n) is 6.01. The Kier molecular flexibility index (Phi) is 4.22. The van der Waals surface area contributed by atoms with Gasteiger partial charge < -0.3 is 10.1 Å². The maximum atomic E-state index is 14.5. The summed E-state index contributed by atoms with van der Waals surface area (Å²) in [5.41, 5.74) is -0.0567. The zero-order chi connectivity index (χ0) is 13.2. The van der Waals surface area contributed by atoms with E-state index in [1.807, 2.05) is 0 Å². The Morgan fingerprint density at radius 3 is 2.78 bits per heavy atom. The van der Waals surface area contributed by atoms with Crippen LogP contribution >= 0.6 is 15.9 Å². The van der Waals surface area contributed by atoms with Crippen LogP contribution in [0.25, 0.3) is 0 Å². The molecule has 1 aromatic rings. The average molecular weight is 320 g/mol. The van der Waals surface area contributed by atoms with Crippen molar-refractivity contribution >= 4 is 15.9 Å². The third-order valence-corrected chi connectivity index (χ3v) is 3.76. The normalized spacial score (nSPS) is 20.8. The molecule has 0 bridgehead atoms. The molecule has 1 unspecified atom stereocenters. The van der Waals surface area contributed by atoms with Crippen LogP contribution < -0.4 is 10.1 Å². The second-order valence-electron chi connectivity index (χ2n) is 4.47. The van der Waals surface area contributed by atoms with Crippen molar-refractivity contribution in [1.82, 2.24) is 5.32 Å². The Bertz CT molecular complexity index is 419. The van der Waals surface area contributed by atoms with Crippen molar-refractivity contribution < 1.29 is 13.5 Å². The van der Waals surface area contributed by atoms with Crippen LogP contribution in [-0.2, 0) is 5.92 Å². The van der Waals surface area contributed by atoms with Crippen molar-refractivity contribution in [3.8, 4) is 5.75 Å². The van der Waals surface area contributed by atoms with Gasteiger partial charge in [-0.3, -0.25) is 0 Å². The van der Waals surface area contributed by atoms with Crippen LogP contribution in [0.1, 0.15) is 24.8 Å². The number of methoxy groups -OCH3 is 1.